The Morgan fingerprint density at radius 2 is 1.80 bits per heavy atom. The Bertz CT molecular complexity index is 336. The van der Waals surface area contributed by atoms with Crippen LogP contribution >= 0.6 is 12.4 Å². The minimum absolute atomic E-state index is 0. The van der Waals surface area contributed by atoms with E-state index in [1.54, 1.807) is 12.1 Å². The lowest BCUT2D eigenvalue weighted by atomic mass is 9.93. The molecule has 2 rings (SSSR count). The van der Waals surface area contributed by atoms with Crippen molar-refractivity contribution in [1.82, 2.24) is 0 Å². The van der Waals surface area contributed by atoms with Crippen LogP contribution in [0, 0.1) is 5.82 Å². The molecule has 2 heteroatoms. The van der Waals surface area contributed by atoms with E-state index < -0.39 is 0 Å². The normalized spacial score (nSPS) is 15.7. The Labute approximate surface area is 96.6 Å². The van der Waals surface area contributed by atoms with E-state index in [-0.39, 0.29) is 18.2 Å². The van der Waals surface area contributed by atoms with Gasteiger partial charge in [0.05, 0.1) is 0 Å². The number of benzene rings is 1. The molecule has 15 heavy (non-hydrogen) atoms. The molecular weight excluding hydrogens is 211 g/mol. The highest BCUT2D eigenvalue weighted by molar-refractivity contribution is 5.85. The van der Waals surface area contributed by atoms with Crippen molar-refractivity contribution in [3.8, 4) is 0 Å². The lowest BCUT2D eigenvalue weighted by Gasteiger charge is -2.13. The van der Waals surface area contributed by atoms with Crippen molar-refractivity contribution in [2.45, 2.75) is 32.1 Å². The van der Waals surface area contributed by atoms with Crippen molar-refractivity contribution >= 4 is 18.5 Å². The fraction of sp³-hybridized carbons (Fsp3) is 0.385. The van der Waals surface area contributed by atoms with Crippen LogP contribution in [0.25, 0.3) is 6.08 Å². The smallest absolute Gasteiger partial charge is 0.123 e. The SMILES string of the molecule is Cl.Fc1cccc(C=C2CCCCC2)c1. The summed E-state index contributed by atoms with van der Waals surface area (Å²) in [4.78, 5) is 0. The molecule has 0 N–H and O–H groups in total. The van der Waals surface area contributed by atoms with Crippen LogP contribution in [0.4, 0.5) is 4.39 Å². The summed E-state index contributed by atoms with van der Waals surface area (Å²) in [5.41, 5.74) is 2.48. The fourth-order valence-corrected chi connectivity index (χ4v) is 1.98. The average molecular weight is 227 g/mol. The Morgan fingerprint density at radius 3 is 2.47 bits per heavy atom. The third kappa shape index (κ3) is 3.67. The van der Waals surface area contributed by atoms with Crippen molar-refractivity contribution < 1.29 is 4.39 Å². The molecule has 1 saturated carbocycles. The standard InChI is InChI=1S/C13H15F.ClH/c14-13-8-4-7-12(10-13)9-11-5-2-1-3-6-11;/h4,7-10H,1-3,5-6H2;1H. The van der Waals surface area contributed by atoms with E-state index >= 15 is 0 Å². The molecule has 1 aliphatic carbocycles. The van der Waals surface area contributed by atoms with Gasteiger partial charge in [-0.3, -0.25) is 0 Å². The van der Waals surface area contributed by atoms with Crippen molar-refractivity contribution in [3.63, 3.8) is 0 Å². The molecule has 0 bridgehead atoms. The molecule has 1 fully saturated rings. The second-order valence-electron chi connectivity index (χ2n) is 3.92. The zero-order valence-electron chi connectivity index (χ0n) is 8.71. The minimum Gasteiger partial charge on any atom is -0.207 e. The van der Waals surface area contributed by atoms with E-state index in [2.05, 4.69) is 6.08 Å². The van der Waals surface area contributed by atoms with Gasteiger partial charge in [0.25, 0.3) is 0 Å². The van der Waals surface area contributed by atoms with Gasteiger partial charge in [-0.15, -0.1) is 12.4 Å². The van der Waals surface area contributed by atoms with Gasteiger partial charge in [0.15, 0.2) is 0 Å². The topological polar surface area (TPSA) is 0 Å². The van der Waals surface area contributed by atoms with Gasteiger partial charge in [0.1, 0.15) is 5.82 Å². The average Bonchev–Trinajstić information content (AvgIpc) is 2.19. The summed E-state index contributed by atoms with van der Waals surface area (Å²) in [5, 5.41) is 0. The van der Waals surface area contributed by atoms with Crippen molar-refractivity contribution in [1.29, 1.82) is 0 Å². The first-order chi connectivity index (χ1) is 6.84. The van der Waals surface area contributed by atoms with E-state index in [1.165, 1.54) is 43.7 Å². The maximum Gasteiger partial charge on any atom is 0.123 e. The lowest BCUT2D eigenvalue weighted by Crippen LogP contribution is -1.93. The third-order valence-electron chi connectivity index (χ3n) is 2.72. The second-order valence-corrected chi connectivity index (χ2v) is 3.92. The number of halogens is 2. The quantitative estimate of drug-likeness (QED) is 0.657. The molecule has 0 spiro atoms. The molecule has 0 nitrogen and oxygen atoms in total. The lowest BCUT2D eigenvalue weighted by molar-refractivity contribution is 0.602. The highest BCUT2D eigenvalue weighted by Crippen LogP contribution is 2.24. The molecule has 0 atom stereocenters. The zero-order valence-corrected chi connectivity index (χ0v) is 9.52. The van der Waals surface area contributed by atoms with Crippen LogP contribution in [-0.2, 0) is 0 Å². The van der Waals surface area contributed by atoms with E-state index in [0.717, 1.165) is 5.56 Å². The fourth-order valence-electron chi connectivity index (χ4n) is 1.98. The molecule has 1 aromatic carbocycles. The molecule has 0 saturated heterocycles. The van der Waals surface area contributed by atoms with Gasteiger partial charge in [-0.2, -0.15) is 0 Å². The van der Waals surface area contributed by atoms with Crippen molar-refractivity contribution in [2.75, 3.05) is 0 Å². The number of allylic oxidation sites excluding steroid dienone is 1. The summed E-state index contributed by atoms with van der Waals surface area (Å²) in [5.74, 6) is -0.143. The van der Waals surface area contributed by atoms with Gasteiger partial charge in [-0.25, -0.2) is 4.39 Å². The van der Waals surface area contributed by atoms with Gasteiger partial charge in [0.2, 0.25) is 0 Å². The summed E-state index contributed by atoms with van der Waals surface area (Å²) in [6.45, 7) is 0. The highest BCUT2D eigenvalue weighted by Gasteiger charge is 2.04. The molecular formula is C13H16ClF. The molecule has 0 amide bonds. The molecule has 0 aromatic heterocycles. The minimum atomic E-state index is -0.143. The molecule has 1 aliphatic rings. The highest BCUT2D eigenvalue weighted by atomic mass is 35.5. The van der Waals surface area contributed by atoms with E-state index in [1.807, 2.05) is 6.07 Å². The van der Waals surface area contributed by atoms with Crippen molar-refractivity contribution in [3.05, 3.63) is 41.2 Å². The zero-order chi connectivity index (χ0) is 9.80. The molecule has 0 unspecified atom stereocenters. The van der Waals surface area contributed by atoms with Crippen LogP contribution in [0.15, 0.2) is 29.8 Å². The van der Waals surface area contributed by atoms with Crippen LogP contribution < -0.4 is 0 Å². The first-order valence-corrected chi connectivity index (χ1v) is 5.29. The third-order valence-corrected chi connectivity index (χ3v) is 2.72. The van der Waals surface area contributed by atoms with Gasteiger partial charge >= 0.3 is 0 Å². The Kier molecular flexibility index (Phi) is 4.83. The predicted molar refractivity (Wildman–Crippen MR) is 64.7 cm³/mol. The van der Waals surface area contributed by atoms with E-state index in [0.29, 0.717) is 0 Å². The largest absolute Gasteiger partial charge is 0.207 e. The van der Waals surface area contributed by atoms with E-state index in [4.69, 9.17) is 0 Å². The molecule has 0 radical (unpaired) electrons. The number of hydrogen-bond donors (Lipinski definition) is 0. The molecule has 0 aliphatic heterocycles. The Morgan fingerprint density at radius 1 is 1.07 bits per heavy atom. The Hall–Kier alpha value is -0.820. The molecule has 82 valence electrons. The van der Waals surface area contributed by atoms with Gasteiger partial charge in [-0.1, -0.05) is 30.2 Å². The van der Waals surface area contributed by atoms with Crippen LogP contribution in [0.5, 0.6) is 0 Å². The summed E-state index contributed by atoms with van der Waals surface area (Å²) >= 11 is 0. The monoisotopic (exact) mass is 226 g/mol. The van der Waals surface area contributed by atoms with Crippen LogP contribution in [0.3, 0.4) is 0 Å². The summed E-state index contributed by atoms with van der Waals surface area (Å²) in [7, 11) is 0. The number of hydrogen-bond acceptors (Lipinski definition) is 0. The Balaban J connectivity index is 0.00000112. The summed E-state index contributed by atoms with van der Waals surface area (Å²) in [6, 6.07) is 6.82. The first kappa shape index (κ1) is 12.3. The van der Waals surface area contributed by atoms with Crippen molar-refractivity contribution in [2.24, 2.45) is 0 Å². The maximum absolute atomic E-state index is 12.9. The second kappa shape index (κ2) is 5.92. The summed E-state index contributed by atoms with van der Waals surface area (Å²) in [6.07, 6.45) is 8.46. The number of rotatable bonds is 1. The van der Waals surface area contributed by atoms with Crippen LogP contribution in [0.2, 0.25) is 0 Å². The van der Waals surface area contributed by atoms with Gasteiger partial charge in [-0.05, 0) is 43.4 Å². The first-order valence-electron chi connectivity index (χ1n) is 5.29. The van der Waals surface area contributed by atoms with Gasteiger partial charge in [0, 0.05) is 0 Å². The predicted octanol–water partition coefficient (Wildman–Crippen LogP) is 4.60. The van der Waals surface area contributed by atoms with E-state index in [9.17, 15) is 4.39 Å². The van der Waals surface area contributed by atoms with Crippen LogP contribution in [-0.4, -0.2) is 0 Å². The summed E-state index contributed by atoms with van der Waals surface area (Å²) < 4.78 is 12.9. The van der Waals surface area contributed by atoms with Gasteiger partial charge < -0.3 is 0 Å². The molecule has 1 aromatic rings. The maximum atomic E-state index is 12.9. The molecule has 0 heterocycles. The van der Waals surface area contributed by atoms with Crippen LogP contribution in [0.1, 0.15) is 37.7 Å².